The van der Waals surface area contributed by atoms with E-state index in [1.165, 1.54) is 0 Å². The van der Waals surface area contributed by atoms with Crippen LogP contribution in [0, 0.1) is 0 Å². The zero-order valence-electron chi connectivity index (χ0n) is 24.4. The average molecular weight is 587 g/mol. The maximum atomic E-state index is 13.9. The number of carbonyl (C=O) groups excluding carboxylic acids is 2. The molecule has 3 aliphatic heterocycles. The maximum absolute atomic E-state index is 13.9. The summed E-state index contributed by atoms with van der Waals surface area (Å²) in [5.74, 6) is -0.393. The Kier molecular flexibility index (Phi) is 5.09. The van der Waals surface area contributed by atoms with Crippen molar-refractivity contribution in [2.45, 2.75) is 43.7 Å². The maximum Gasteiger partial charge on any atom is 0.254 e. The zero-order chi connectivity index (χ0) is 30.1. The van der Waals surface area contributed by atoms with Gasteiger partial charge >= 0.3 is 0 Å². The summed E-state index contributed by atoms with van der Waals surface area (Å²) in [5.41, 5.74) is 4.17. The molecule has 44 heavy (non-hydrogen) atoms. The standard InChI is InChI=1S/C35H30N4O5/c1-35-31(43-3)23(37(2)34(42)18-11-5-4-6-12-18)17-24(44-35)38-21-15-9-7-13-19(21)25-27-28(33(41)36-32(27)40)26-20-14-8-10-16-22(20)39(35)30(26)29(25)38/h4-16,23-24,31,33,41H,17H2,1-3H3,(H,36,40)/t23-,24?,31-,33?,35+/m1/s1. The van der Waals surface area contributed by atoms with Crippen molar-refractivity contribution >= 4 is 55.4 Å². The van der Waals surface area contributed by atoms with Crippen molar-refractivity contribution in [3.63, 3.8) is 0 Å². The molecule has 220 valence electrons. The van der Waals surface area contributed by atoms with Crippen LogP contribution in [-0.4, -0.2) is 57.3 Å². The van der Waals surface area contributed by atoms with Gasteiger partial charge in [0, 0.05) is 53.3 Å². The van der Waals surface area contributed by atoms with E-state index in [1.807, 2.05) is 92.8 Å². The van der Waals surface area contributed by atoms with Crippen molar-refractivity contribution in [2.24, 2.45) is 0 Å². The van der Waals surface area contributed by atoms with E-state index >= 15 is 0 Å². The van der Waals surface area contributed by atoms with Crippen molar-refractivity contribution in [3.8, 4) is 0 Å². The quantitative estimate of drug-likeness (QED) is 0.290. The number of amides is 2. The Labute approximate surface area is 252 Å². The van der Waals surface area contributed by atoms with Crippen LogP contribution >= 0.6 is 0 Å². The van der Waals surface area contributed by atoms with Gasteiger partial charge in [0.2, 0.25) is 0 Å². The number of methoxy groups -OCH3 is 1. The molecule has 0 spiro atoms. The summed E-state index contributed by atoms with van der Waals surface area (Å²) in [7, 11) is 3.50. The van der Waals surface area contributed by atoms with Gasteiger partial charge in [-0.2, -0.15) is 0 Å². The van der Waals surface area contributed by atoms with Crippen LogP contribution in [0.5, 0.6) is 0 Å². The fourth-order valence-corrected chi connectivity index (χ4v) is 8.37. The van der Waals surface area contributed by atoms with E-state index in [1.54, 1.807) is 12.0 Å². The molecule has 2 bridgehead atoms. The highest BCUT2D eigenvalue weighted by Gasteiger charge is 2.55. The van der Waals surface area contributed by atoms with Crippen LogP contribution in [0.3, 0.4) is 0 Å². The first kappa shape index (κ1) is 25.8. The van der Waals surface area contributed by atoms with Crippen LogP contribution in [0.25, 0.3) is 43.6 Å². The molecule has 3 aliphatic rings. The Morgan fingerprint density at radius 1 is 0.977 bits per heavy atom. The number of ether oxygens (including phenoxy) is 2. The number of aliphatic hydroxyl groups is 1. The van der Waals surface area contributed by atoms with Gasteiger partial charge in [-0.3, -0.25) is 9.59 Å². The third-order valence-electron chi connectivity index (χ3n) is 10.1. The second-order valence-electron chi connectivity index (χ2n) is 12.2. The minimum atomic E-state index is -1.15. The van der Waals surface area contributed by atoms with Crippen LogP contribution in [0.15, 0.2) is 78.9 Å². The van der Waals surface area contributed by atoms with Gasteiger partial charge < -0.3 is 33.9 Å². The van der Waals surface area contributed by atoms with E-state index in [9.17, 15) is 14.7 Å². The molecule has 1 saturated heterocycles. The first-order valence-corrected chi connectivity index (χ1v) is 14.9. The highest BCUT2D eigenvalue weighted by Crippen LogP contribution is 2.55. The number of carbonyl (C=O) groups is 2. The van der Waals surface area contributed by atoms with Gasteiger partial charge in [0.05, 0.1) is 33.7 Å². The second-order valence-corrected chi connectivity index (χ2v) is 12.2. The molecule has 2 unspecified atom stereocenters. The van der Waals surface area contributed by atoms with Crippen molar-refractivity contribution in [1.29, 1.82) is 0 Å². The largest absolute Gasteiger partial charge is 0.374 e. The third-order valence-corrected chi connectivity index (χ3v) is 10.1. The number of aliphatic hydroxyl groups excluding tert-OH is 1. The predicted octanol–water partition coefficient (Wildman–Crippen LogP) is 5.40. The number of hydrogen-bond donors (Lipinski definition) is 2. The van der Waals surface area contributed by atoms with E-state index < -0.39 is 24.3 Å². The van der Waals surface area contributed by atoms with Gasteiger partial charge in [0.1, 0.15) is 12.3 Å². The lowest BCUT2D eigenvalue weighted by Gasteiger charge is -2.50. The summed E-state index contributed by atoms with van der Waals surface area (Å²) >= 11 is 0. The minimum absolute atomic E-state index is 0.0961. The topological polar surface area (TPSA) is 98.0 Å². The summed E-state index contributed by atoms with van der Waals surface area (Å²) < 4.78 is 17.9. The Hall–Kier alpha value is -4.70. The van der Waals surface area contributed by atoms with Gasteiger partial charge in [0.15, 0.2) is 12.0 Å². The number of nitrogens with one attached hydrogen (secondary N) is 1. The molecule has 5 atom stereocenters. The minimum Gasteiger partial charge on any atom is -0.374 e. The summed E-state index contributed by atoms with van der Waals surface area (Å²) in [5, 5.41) is 17.5. The molecule has 2 aromatic heterocycles. The fraction of sp³-hybridized carbons (Fsp3) is 0.257. The number of benzene rings is 4. The van der Waals surface area contributed by atoms with E-state index in [4.69, 9.17) is 9.47 Å². The second kappa shape index (κ2) is 8.69. The molecule has 2 amide bonds. The van der Waals surface area contributed by atoms with Crippen molar-refractivity contribution in [3.05, 3.63) is 95.6 Å². The van der Waals surface area contributed by atoms with Gasteiger partial charge in [-0.15, -0.1) is 0 Å². The number of likely N-dealkylation sites (N-methyl/N-ethyl adjacent to an activating group) is 1. The van der Waals surface area contributed by atoms with Crippen LogP contribution in [0.2, 0.25) is 0 Å². The summed E-state index contributed by atoms with van der Waals surface area (Å²) in [6.07, 6.45) is -1.73. The normalized spacial score (nSPS) is 25.6. The smallest absolute Gasteiger partial charge is 0.254 e. The Morgan fingerprint density at radius 3 is 2.36 bits per heavy atom. The average Bonchev–Trinajstić information content (AvgIpc) is 3.65. The van der Waals surface area contributed by atoms with Crippen LogP contribution in [0.1, 0.15) is 52.1 Å². The molecule has 0 radical (unpaired) electrons. The van der Waals surface area contributed by atoms with Crippen LogP contribution in [-0.2, 0) is 15.2 Å². The van der Waals surface area contributed by atoms with E-state index in [0.29, 0.717) is 23.1 Å². The number of nitrogens with zero attached hydrogens (tertiary/aromatic N) is 3. The molecule has 5 heterocycles. The SMILES string of the molecule is CO[C@@H]1[C@H](N(C)C(=O)c2ccccc2)CC2O[C@]1(C)n1c3ccccc3c3c4c(c5c6ccccc6n2c5c31)C(=O)NC4O. The molecular formula is C35H30N4O5. The molecule has 2 N–H and O–H groups in total. The van der Waals surface area contributed by atoms with E-state index in [0.717, 1.165) is 43.6 Å². The van der Waals surface area contributed by atoms with Crippen molar-refractivity contribution in [2.75, 3.05) is 14.2 Å². The highest BCUT2D eigenvalue weighted by atomic mass is 16.6. The molecule has 9 nitrogen and oxygen atoms in total. The van der Waals surface area contributed by atoms with Gasteiger partial charge in [0.25, 0.3) is 11.8 Å². The van der Waals surface area contributed by atoms with Crippen LogP contribution < -0.4 is 5.32 Å². The molecular weight excluding hydrogens is 556 g/mol. The van der Waals surface area contributed by atoms with Gasteiger partial charge in [-0.25, -0.2) is 0 Å². The molecule has 9 rings (SSSR count). The Bertz CT molecular complexity index is 2220. The predicted molar refractivity (Wildman–Crippen MR) is 166 cm³/mol. The fourth-order valence-electron chi connectivity index (χ4n) is 8.37. The molecule has 0 saturated carbocycles. The lowest BCUT2D eigenvalue weighted by Crippen LogP contribution is -2.61. The molecule has 6 aromatic rings. The van der Waals surface area contributed by atoms with Crippen molar-refractivity contribution in [1.82, 2.24) is 19.4 Å². The molecule has 0 aliphatic carbocycles. The third kappa shape index (κ3) is 2.99. The first-order valence-electron chi connectivity index (χ1n) is 14.9. The molecule has 9 heteroatoms. The van der Waals surface area contributed by atoms with Gasteiger partial charge in [-0.05, 0) is 31.2 Å². The van der Waals surface area contributed by atoms with Crippen LogP contribution in [0.4, 0.5) is 0 Å². The van der Waals surface area contributed by atoms with Gasteiger partial charge in [-0.1, -0.05) is 54.6 Å². The summed E-state index contributed by atoms with van der Waals surface area (Å²) in [6, 6.07) is 25.0. The molecule has 1 fully saturated rings. The first-order chi connectivity index (χ1) is 21.3. The Morgan fingerprint density at radius 2 is 1.64 bits per heavy atom. The number of para-hydroxylation sites is 2. The van der Waals surface area contributed by atoms with E-state index in [-0.39, 0.29) is 17.9 Å². The van der Waals surface area contributed by atoms with E-state index in [2.05, 4.69) is 14.5 Å². The number of fused-ring (bicyclic) bond motifs is 13. The summed E-state index contributed by atoms with van der Waals surface area (Å²) in [4.78, 5) is 29.3. The monoisotopic (exact) mass is 586 g/mol. The zero-order valence-corrected chi connectivity index (χ0v) is 24.4. The van der Waals surface area contributed by atoms with Crippen molar-refractivity contribution < 1.29 is 24.2 Å². The highest BCUT2D eigenvalue weighted by molar-refractivity contribution is 6.31. The number of hydrogen-bond acceptors (Lipinski definition) is 5. The number of aromatic nitrogens is 2. The summed E-state index contributed by atoms with van der Waals surface area (Å²) in [6.45, 7) is 2.03. The lowest BCUT2D eigenvalue weighted by atomic mass is 9.91. The lowest BCUT2D eigenvalue weighted by molar-refractivity contribution is -0.264. The Balaban J connectivity index is 1.44. The molecule has 4 aromatic carbocycles. The number of rotatable bonds is 3.